The predicted molar refractivity (Wildman–Crippen MR) is 70.8 cm³/mol. The maximum Gasteiger partial charge on any atom is 0.324 e. The molecule has 0 fully saturated rings. The Bertz CT molecular complexity index is 591. The van der Waals surface area contributed by atoms with Gasteiger partial charge in [0.2, 0.25) is 0 Å². The number of aliphatic hydroxyl groups excluding tert-OH is 1. The minimum Gasteiger partial charge on any atom is -0.388 e. The average Bonchev–Trinajstić information content (AvgIpc) is 2.94. The van der Waals surface area contributed by atoms with E-state index < -0.39 is 4.92 Å². The van der Waals surface area contributed by atoms with E-state index in [0.717, 1.165) is 11.3 Å². The third kappa shape index (κ3) is 2.79. The van der Waals surface area contributed by atoms with Crippen molar-refractivity contribution in [2.45, 2.75) is 27.0 Å². The maximum atomic E-state index is 10.7. The van der Waals surface area contributed by atoms with Crippen LogP contribution in [0.15, 0.2) is 12.1 Å². The van der Waals surface area contributed by atoms with E-state index in [1.54, 1.807) is 10.6 Å². The van der Waals surface area contributed by atoms with E-state index >= 15 is 0 Å². The normalized spacial score (nSPS) is 11.2. The first-order chi connectivity index (χ1) is 9.02. The molecular formula is C11H14N4O3S. The molecule has 0 spiro atoms. The molecule has 102 valence electrons. The lowest BCUT2D eigenvalue weighted by atomic mass is 10.2. The average molecular weight is 282 g/mol. The van der Waals surface area contributed by atoms with Crippen molar-refractivity contribution in [2.24, 2.45) is 5.92 Å². The van der Waals surface area contributed by atoms with Gasteiger partial charge in [0, 0.05) is 12.6 Å². The molecular weight excluding hydrogens is 268 g/mol. The summed E-state index contributed by atoms with van der Waals surface area (Å²) in [6.45, 7) is 4.54. The highest BCUT2D eigenvalue weighted by Gasteiger charge is 2.18. The second-order valence-electron chi connectivity index (χ2n) is 4.50. The lowest BCUT2D eigenvalue weighted by Gasteiger charge is -2.10. The quantitative estimate of drug-likeness (QED) is 0.669. The van der Waals surface area contributed by atoms with Gasteiger partial charge in [0.05, 0.1) is 9.80 Å². The zero-order valence-corrected chi connectivity index (χ0v) is 11.4. The fourth-order valence-electron chi connectivity index (χ4n) is 1.74. The predicted octanol–water partition coefficient (Wildman–Crippen LogP) is 2.06. The third-order valence-electron chi connectivity index (χ3n) is 2.51. The van der Waals surface area contributed by atoms with Crippen molar-refractivity contribution in [3.8, 4) is 10.7 Å². The van der Waals surface area contributed by atoms with E-state index in [-0.39, 0.29) is 11.6 Å². The van der Waals surface area contributed by atoms with Gasteiger partial charge in [0.25, 0.3) is 0 Å². The smallest absolute Gasteiger partial charge is 0.324 e. The summed E-state index contributed by atoms with van der Waals surface area (Å²) in [6, 6.07) is 3.11. The van der Waals surface area contributed by atoms with E-state index in [9.17, 15) is 15.2 Å². The van der Waals surface area contributed by atoms with Gasteiger partial charge in [0.15, 0.2) is 11.6 Å². The molecule has 0 aromatic carbocycles. The Morgan fingerprint density at radius 1 is 1.47 bits per heavy atom. The molecule has 0 bridgehead atoms. The monoisotopic (exact) mass is 282 g/mol. The standard InChI is InChI=1S/C11H14N4O3S/c1-7(2)5-14-9(6-16)12-13-11(14)8-3-4-10(19-8)15(17)18/h3-4,7,16H,5-6H2,1-2H3. The number of thiophene rings is 1. The number of nitrogens with zero attached hydrogens (tertiary/aromatic N) is 4. The number of aliphatic hydroxyl groups is 1. The largest absolute Gasteiger partial charge is 0.388 e. The summed E-state index contributed by atoms with van der Waals surface area (Å²) in [5, 5.41) is 28.0. The molecule has 19 heavy (non-hydrogen) atoms. The highest BCUT2D eigenvalue weighted by molar-refractivity contribution is 7.18. The highest BCUT2D eigenvalue weighted by Crippen LogP contribution is 2.32. The van der Waals surface area contributed by atoms with Crippen molar-refractivity contribution < 1.29 is 10.0 Å². The summed E-state index contributed by atoms with van der Waals surface area (Å²) in [5.41, 5.74) is 0. The van der Waals surface area contributed by atoms with Crippen molar-refractivity contribution in [3.05, 3.63) is 28.1 Å². The van der Waals surface area contributed by atoms with Gasteiger partial charge >= 0.3 is 5.00 Å². The lowest BCUT2D eigenvalue weighted by Crippen LogP contribution is -2.09. The summed E-state index contributed by atoms with van der Waals surface area (Å²) in [5.74, 6) is 1.39. The first kappa shape index (κ1) is 13.6. The zero-order valence-electron chi connectivity index (χ0n) is 10.6. The zero-order chi connectivity index (χ0) is 14.0. The molecule has 0 atom stereocenters. The first-order valence-electron chi connectivity index (χ1n) is 5.80. The lowest BCUT2D eigenvalue weighted by molar-refractivity contribution is -0.380. The van der Waals surface area contributed by atoms with Gasteiger partial charge in [-0.25, -0.2) is 0 Å². The minimum absolute atomic E-state index is 0.0691. The van der Waals surface area contributed by atoms with E-state index in [0.29, 0.717) is 29.0 Å². The van der Waals surface area contributed by atoms with Crippen LogP contribution in [-0.4, -0.2) is 24.8 Å². The van der Waals surface area contributed by atoms with E-state index in [1.165, 1.54) is 6.07 Å². The van der Waals surface area contributed by atoms with Gasteiger partial charge in [-0.3, -0.25) is 10.1 Å². The Kier molecular flexibility index (Phi) is 3.91. The van der Waals surface area contributed by atoms with Crippen LogP contribution in [0.25, 0.3) is 10.7 Å². The second-order valence-corrected chi connectivity index (χ2v) is 5.56. The Morgan fingerprint density at radius 3 is 2.74 bits per heavy atom. The molecule has 0 radical (unpaired) electrons. The topological polar surface area (TPSA) is 94.1 Å². The third-order valence-corrected chi connectivity index (χ3v) is 3.54. The van der Waals surface area contributed by atoms with E-state index in [4.69, 9.17) is 0 Å². The van der Waals surface area contributed by atoms with E-state index in [2.05, 4.69) is 10.2 Å². The molecule has 0 aliphatic rings. The maximum absolute atomic E-state index is 10.7. The molecule has 0 saturated carbocycles. The minimum atomic E-state index is -0.426. The number of aromatic nitrogens is 3. The van der Waals surface area contributed by atoms with Crippen LogP contribution in [0.4, 0.5) is 5.00 Å². The van der Waals surface area contributed by atoms with Crippen molar-refractivity contribution in [3.63, 3.8) is 0 Å². The van der Waals surface area contributed by atoms with Gasteiger partial charge in [-0.1, -0.05) is 25.2 Å². The van der Waals surface area contributed by atoms with Crippen molar-refractivity contribution in [1.29, 1.82) is 0 Å². The molecule has 1 N–H and O–H groups in total. The molecule has 2 rings (SSSR count). The Labute approximate surface area is 113 Å². The molecule has 0 unspecified atom stereocenters. The summed E-state index contributed by atoms with van der Waals surface area (Å²) in [7, 11) is 0. The van der Waals surface area contributed by atoms with Crippen molar-refractivity contribution >= 4 is 16.3 Å². The van der Waals surface area contributed by atoms with Gasteiger partial charge in [-0.2, -0.15) is 0 Å². The van der Waals surface area contributed by atoms with Crippen LogP contribution < -0.4 is 0 Å². The molecule has 2 heterocycles. The van der Waals surface area contributed by atoms with Crippen LogP contribution in [0.5, 0.6) is 0 Å². The molecule has 2 aromatic rings. The molecule has 2 aromatic heterocycles. The molecule has 7 nitrogen and oxygen atoms in total. The van der Waals surface area contributed by atoms with Crippen LogP contribution in [0.2, 0.25) is 0 Å². The first-order valence-corrected chi connectivity index (χ1v) is 6.62. The van der Waals surface area contributed by atoms with Crippen LogP contribution >= 0.6 is 11.3 Å². The van der Waals surface area contributed by atoms with Crippen LogP contribution in [0.3, 0.4) is 0 Å². The van der Waals surface area contributed by atoms with Crippen LogP contribution in [0, 0.1) is 16.0 Å². The van der Waals surface area contributed by atoms with Gasteiger partial charge < -0.3 is 9.67 Å². The molecule has 0 saturated heterocycles. The van der Waals surface area contributed by atoms with Gasteiger partial charge in [-0.15, -0.1) is 10.2 Å². The number of hydrogen-bond acceptors (Lipinski definition) is 6. The van der Waals surface area contributed by atoms with Crippen LogP contribution in [-0.2, 0) is 13.2 Å². The number of nitro groups is 1. The van der Waals surface area contributed by atoms with Crippen LogP contribution in [0.1, 0.15) is 19.7 Å². The Balaban J connectivity index is 2.42. The summed E-state index contributed by atoms with van der Waals surface area (Å²) < 4.78 is 1.81. The van der Waals surface area contributed by atoms with Gasteiger partial charge in [-0.05, 0) is 12.0 Å². The summed E-state index contributed by atoms with van der Waals surface area (Å²) in [4.78, 5) is 11.0. The van der Waals surface area contributed by atoms with Crippen molar-refractivity contribution in [1.82, 2.24) is 14.8 Å². The SMILES string of the molecule is CC(C)Cn1c(CO)nnc1-c1ccc([N+](=O)[O-])s1. The summed E-state index contributed by atoms with van der Waals surface area (Å²) in [6.07, 6.45) is 0. The molecule has 8 heteroatoms. The highest BCUT2D eigenvalue weighted by atomic mass is 32.1. The molecule has 0 amide bonds. The van der Waals surface area contributed by atoms with Gasteiger partial charge in [0.1, 0.15) is 6.61 Å². The fourth-order valence-corrected chi connectivity index (χ4v) is 2.55. The Morgan fingerprint density at radius 2 is 2.21 bits per heavy atom. The summed E-state index contributed by atoms with van der Waals surface area (Å²) >= 11 is 1.06. The molecule has 0 aliphatic heterocycles. The second kappa shape index (κ2) is 5.45. The number of hydrogen-bond donors (Lipinski definition) is 1. The van der Waals surface area contributed by atoms with E-state index in [1.807, 2.05) is 13.8 Å². The van der Waals surface area contributed by atoms with Crippen molar-refractivity contribution in [2.75, 3.05) is 0 Å². The molecule has 0 aliphatic carbocycles. The Hall–Kier alpha value is -1.80. The fraction of sp³-hybridized carbons (Fsp3) is 0.455. The number of rotatable bonds is 5.